The highest BCUT2D eigenvalue weighted by Gasteiger charge is 2.24. The van der Waals surface area contributed by atoms with E-state index in [2.05, 4.69) is 10.3 Å². The van der Waals surface area contributed by atoms with Gasteiger partial charge in [0.15, 0.2) is 0 Å². The first-order valence-corrected chi connectivity index (χ1v) is 6.23. The third-order valence-electron chi connectivity index (χ3n) is 3.20. The predicted molar refractivity (Wildman–Crippen MR) is 70.5 cm³/mol. The molecule has 0 saturated carbocycles. The lowest BCUT2D eigenvalue weighted by molar-refractivity contribution is 0.610. The summed E-state index contributed by atoms with van der Waals surface area (Å²) in [7, 11) is 0. The van der Waals surface area contributed by atoms with Crippen molar-refractivity contribution in [3.8, 4) is 0 Å². The molecule has 0 radical (unpaired) electrons. The highest BCUT2D eigenvalue weighted by atomic mass is 35.5. The van der Waals surface area contributed by atoms with Gasteiger partial charge in [-0.2, -0.15) is 0 Å². The van der Waals surface area contributed by atoms with Crippen LogP contribution in [0.4, 0.5) is 10.1 Å². The van der Waals surface area contributed by atoms with E-state index in [1.807, 2.05) is 18.2 Å². The van der Waals surface area contributed by atoms with Crippen LogP contribution >= 0.6 is 11.6 Å². The number of fused-ring (bicyclic) bond motifs is 1. The van der Waals surface area contributed by atoms with Crippen molar-refractivity contribution in [2.24, 2.45) is 0 Å². The van der Waals surface area contributed by atoms with Gasteiger partial charge >= 0.3 is 0 Å². The molecule has 1 aliphatic carbocycles. The SMILES string of the molecule is Fc1cc(Cl)cc2c1CC(Nc1cccnc1)C2. The van der Waals surface area contributed by atoms with Gasteiger partial charge in [0.25, 0.3) is 0 Å². The predicted octanol–water partition coefficient (Wildman–Crippen LogP) is 3.45. The molecule has 1 unspecified atom stereocenters. The largest absolute Gasteiger partial charge is 0.380 e. The van der Waals surface area contributed by atoms with Crippen molar-refractivity contribution in [1.29, 1.82) is 0 Å². The van der Waals surface area contributed by atoms with Gasteiger partial charge in [0.1, 0.15) is 5.82 Å². The van der Waals surface area contributed by atoms with E-state index >= 15 is 0 Å². The van der Waals surface area contributed by atoms with E-state index in [9.17, 15) is 4.39 Å². The number of hydrogen-bond donors (Lipinski definition) is 1. The van der Waals surface area contributed by atoms with Crippen LogP contribution in [-0.2, 0) is 12.8 Å². The van der Waals surface area contributed by atoms with Crippen LogP contribution in [0.5, 0.6) is 0 Å². The summed E-state index contributed by atoms with van der Waals surface area (Å²) in [6.07, 6.45) is 4.98. The zero-order chi connectivity index (χ0) is 12.5. The van der Waals surface area contributed by atoms with Gasteiger partial charge in [-0.05, 0) is 48.2 Å². The quantitative estimate of drug-likeness (QED) is 0.897. The molecule has 0 amide bonds. The van der Waals surface area contributed by atoms with Crippen molar-refractivity contribution in [2.75, 3.05) is 5.32 Å². The number of pyridine rings is 1. The van der Waals surface area contributed by atoms with E-state index in [-0.39, 0.29) is 11.9 Å². The molecule has 18 heavy (non-hydrogen) atoms. The molecule has 1 heterocycles. The number of nitrogens with one attached hydrogen (secondary N) is 1. The summed E-state index contributed by atoms with van der Waals surface area (Å²) in [4.78, 5) is 4.05. The van der Waals surface area contributed by atoms with Crippen LogP contribution in [-0.4, -0.2) is 11.0 Å². The summed E-state index contributed by atoms with van der Waals surface area (Å²) in [6, 6.07) is 7.27. The number of benzene rings is 1. The molecule has 2 nitrogen and oxygen atoms in total. The Bertz CT molecular complexity index is 572. The zero-order valence-corrected chi connectivity index (χ0v) is 10.4. The summed E-state index contributed by atoms with van der Waals surface area (Å²) >= 11 is 5.87. The fourth-order valence-electron chi connectivity index (χ4n) is 2.44. The third-order valence-corrected chi connectivity index (χ3v) is 3.42. The molecule has 0 fully saturated rings. The van der Waals surface area contributed by atoms with E-state index in [1.54, 1.807) is 12.4 Å². The molecule has 1 N–H and O–H groups in total. The van der Waals surface area contributed by atoms with Crippen molar-refractivity contribution in [3.63, 3.8) is 0 Å². The van der Waals surface area contributed by atoms with Crippen LogP contribution in [0.25, 0.3) is 0 Å². The minimum absolute atomic E-state index is 0.201. The molecule has 0 bridgehead atoms. The molecule has 0 saturated heterocycles. The Hall–Kier alpha value is -1.61. The second-order valence-corrected chi connectivity index (χ2v) is 4.95. The van der Waals surface area contributed by atoms with Gasteiger partial charge in [-0.3, -0.25) is 4.98 Å². The topological polar surface area (TPSA) is 24.9 Å². The minimum Gasteiger partial charge on any atom is -0.380 e. The average molecular weight is 263 g/mol. The van der Waals surface area contributed by atoms with Gasteiger partial charge in [0.05, 0.1) is 5.69 Å². The molecule has 1 aromatic heterocycles. The molecule has 1 aliphatic rings. The van der Waals surface area contributed by atoms with Crippen molar-refractivity contribution in [1.82, 2.24) is 4.98 Å². The van der Waals surface area contributed by atoms with Crippen molar-refractivity contribution < 1.29 is 4.39 Å². The van der Waals surface area contributed by atoms with Gasteiger partial charge < -0.3 is 5.32 Å². The van der Waals surface area contributed by atoms with Crippen molar-refractivity contribution in [3.05, 3.63) is 58.6 Å². The molecule has 0 aliphatic heterocycles. The first kappa shape index (κ1) is 11.5. The van der Waals surface area contributed by atoms with Crippen molar-refractivity contribution in [2.45, 2.75) is 18.9 Å². The minimum atomic E-state index is -0.201. The Kier molecular flexibility index (Phi) is 2.92. The second-order valence-electron chi connectivity index (χ2n) is 4.52. The Morgan fingerprint density at radius 2 is 2.22 bits per heavy atom. The van der Waals surface area contributed by atoms with Crippen LogP contribution in [0.3, 0.4) is 0 Å². The second kappa shape index (κ2) is 4.58. The van der Waals surface area contributed by atoms with Crippen molar-refractivity contribution >= 4 is 17.3 Å². The summed E-state index contributed by atoms with van der Waals surface area (Å²) in [5, 5.41) is 3.83. The van der Waals surface area contributed by atoms with Crippen LogP contribution in [0.1, 0.15) is 11.1 Å². The lowest BCUT2D eigenvalue weighted by Gasteiger charge is -2.12. The lowest BCUT2D eigenvalue weighted by atomic mass is 10.1. The van der Waals surface area contributed by atoms with Gasteiger partial charge in [-0.15, -0.1) is 0 Å². The Morgan fingerprint density at radius 3 is 3.00 bits per heavy atom. The molecule has 3 rings (SSSR count). The monoisotopic (exact) mass is 262 g/mol. The zero-order valence-electron chi connectivity index (χ0n) is 9.66. The standard InChI is InChI=1S/C14H12ClFN2/c15-10-4-9-5-12(7-13(9)14(16)6-10)18-11-2-1-3-17-8-11/h1-4,6,8,12,18H,5,7H2. The van der Waals surface area contributed by atoms with Crippen LogP contribution in [0.15, 0.2) is 36.7 Å². The summed E-state index contributed by atoms with van der Waals surface area (Å²) < 4.78 is 13.7. The Morgan fingerprint density at radius 1 is 1.33 bits per heavy atom. The number of anilines is 1. The molecule has 2 aromatic rings. The van der Waals surface area contributed by atoms with E-state index < -0.39 is 0 Å². The molecule has 4 heteroatoms. The van der Waals surface area contributed by atoms with E-state index in [1.165, 1.54) is 6.07 Å². The Labute approximate surface area is 110 Å². The summed E-state index contributed by atoms with van der Waals surface area (Å²) in [6.45, 7) is 0. The fraction of sp³-hybridized carbons (Fsp3) is 0.214. The van der Waals surface area contributed by atoms with Gasteiger partial charge in [0, 0.05) is 23.5 Å². The van der Waals surface area contributed by atoms with Crippen LogP contribution in [0, 0.1) is 5.82 Å². The number of rotatable bonds is 2. The Balaban J connectivity index is 1.79. The maximum Gasteiger partial charge on any atom is 0.128 e. The maximum atomic E-state index is 13.7. The highest BCUT2D eigenvalue weighted by molar-refractivity contribution is 6.30. The smallest absolute Gasteiger partial charge is 0.128 e. The summed E-state index contributed by atoms with van der Waals surface area (Å²) in [5.41, 5.74) is 2.74. The molecular weight excluding hydrogens is 251 g/mol. The third kappa shape index (κ3) is 2.18. The fourth-order valence-corrected chi connectivity index (χ4v) is 2.66. The van der Waals surface area contributed by atoms with E-state index in [0.717, 1.165) is 23.2 Å². The molecule has 0 spiro atoms. The highest BCUT2D eigenvalue weighted by Crippen LogP contribution is 2.29. The van der Waals surface area contributed by atoms with Crippen LogP contribution < -0.4 is 5.32 Å². The normalized spacial score (nSPS) is 17.6. The number of halogens is 2. The number of hydrogen-bond acceptors (Lipinski definition) is 2. The summed E-state index contributed by atoms with van der Waals surface area (Å²) in [5.74, 6) is -0.201. The molecule has 1 atom stereocenters. The van der Waals surface area contributed by atoms with E-state index in [4.69, 9.17) is 11.6 Å². The number of aromatic nitrogens is 1. The molecule has 92 valence electrons. The van der Waals surface area contributed by atoms with Gasteiger partial charge in [0.2, 0.25) is 0 Å². The lowest BCUT2D eigenvalue weighted by Crippen LogP contribution is -2.19. The van der Waals surface area contributed by atoms with E-state index in [0.29, 0.717) is 11.4 Å². The average Bonchev–Trinajstić information content (AvgIpc) is 2.73. The first-order valence-electron chi connectivity index (χ1n) is 5.86. The van der Waals surface area contributed by atoms with Gasteiger partial charge in [-0.1, -0.05) is 11.6 Å². The molecule has 1 aromatic carbocycles. The van der Waals surface area contributed by atoms with Crippen LogP contribution in [0.2, 0.25) is 5.02 Å². The number of nitrogens with zero attached hydrogens (tertiary/aromatic N) is 1. The van der Waals surface area contributed by atoms with Gasteiger partial charge in [-0.25, -0.2) is 4.39 Å². The molecular formula is C14H12ClFN2. The first-order chi connectivity index (χ1) is 8.72. The maximum absolute atomic E-state index is 13.7.